The molecule has 158 valence electrons. The van der Waals surface area contributed by atoms with Crippen molar-refractivity contribution in [1.82, 2.24) is 9.97 Å². The van der Waals surface area contributed by atoms with E-state index in [2.05, 4.69) is 16.0 Å². The van der Waals surface area contributed by atoms with Crippen molar-refractivity contribution in [2.24, 2.45) is 10.7 Å². The van der Waals surface area contributed by atoms with Crippen LogP contribution in [0.15, 0.2) is 84.2 Å². The third-order valence-electron chi connectivity index (χ3n) is 6.01. The lowest BCUT2D eigenvalue weighted by molar-refractivity contribution is 0.264. The first-order valence-electron chi connectivity index (χ1n) is 10.4. The zero-order valence-electron chi connectivity index (χ0n) is 17.4. The summed E-state index contributed by atoms with van der Waals surface area (Å²) in [7, 11) is 0. The first-order chi connectivity index (χ1) is 16.2. The second-order valence-electron chi connectivity index (χ2n) is 7.91. The molecule has 0 unspecified atom stereocenters. The largest absolute Gasteiger partial charge is 0.462 e. The molecule has 7 heteroatoms. The normalized spacial score (nSPS) is 17.8. The van der Waals surface area contributed by atoms with Crippen LogP contribution in [0, 0.1) is 11.3 Å². The summed E-state index contributed by atoms with van der Waals surface area (Å²) in [5, 5.41) is 9.05. The van der Waals surface area contributed by atoms with Crippen molar-refractivity contribution < 1.29 is 9.47 Å². The first kappa shape index (κ1) is 19.0. The fourth-order valence-corrected chi connectivity index (χ4v) is 4.38. The van der Waals surface area contributed by atoms with E-state index in [9.17, 15) is 0 Å². The Bertz CT molecular complexity index is 1460. The molecule has 2 aromatic heterocycles. The summed E-state index contributed by atoms with van der Waals surface area (Å²) in [4.78, 5) is 13.2. The Hall–Kier alpha value is -4.70. The summed E-state index contributed by atoms with van der Waals surface area (Å²) in [5.74, 6) is 1.41. The first-order valence-corrected chi connectivity index (χ1v) is 10.4. The van der Waals surface area contributed by atoms with E-state index in [1.54, 1.807) is 18.5 Å². The van der Waals surface area contributed by atoms with Crippen molar-refractivity contribution in [3.05, 3.63) is 96.1 Å². The Morgan fingerprint density at radius 1 is 0.879 bits per heavy atom. The molecule has 7 nitrogen and oxygen atoms in total. The Labute approximate surface area is 189 Å². The second kappa shape index (κ2) is 7.18. The molecule has 4 aromatic rings. The van der Waals surface area contributed by atoms with Gasteiger partial charge in [0.05, 0.1) is 0 Å². The highest BCUT2D eigenvalue weighted by Gasteiger charge is 2.47. The number of pyridine rings is 2. The van der Waals surface area contributed by atoms with Gasteiger partial charge < -0.3 is 15.2 Å². The summed E-state index contributed by atoms with van der Waals surface area (Å²) in [6.45, 7) is 0.272. The summed E-state index contributed by atoms with van der Waals surface area (Å²) in [5.41, 5.74) is 11.1. The molecule has 2 aromatic carbocycles. The molecule has 6 rings (SSSR count). The summed E-state index contributed by atoms with van der Waals surface area (Å²) < 4.78 is 12.0. The van der Waals surface area contributed by atoms with Crippen molar-refractivity contribution >= 4 is 6.02 Å². The van der Waals surface area contributed by atoms with E-state index < -0.39 is 5.54 Å². The predicted molar refractivity (Wildman–Crippen MR) is 122 cm³/mol. The standard InChI is InChI=1S/C26H17N5O2/c27-12-20-6-3-19(14-30-20)17-5-8-24-22(11-17)26(15-32-25(28)31-26)21-10-16(4-7-23(21)33-24)18-2-1-9-29-13-18/h1-11,13-14H,15H2,(H2,28,31)/t26-/m0/s1. The van der Waals surface area contributed by atoms with Gasteiger partial charge in [-0.25, -0.2) is 9.98 Å². The maximum atomic E-state index is 9.05. The van der Waals surface area contributed by atoms with E-state index in [0.717, 1.165) is 33.4 Å². The Balaban J connectivity index is 1.53. The Morgan fingerprint density at radius 3 is 2.12 bits per heavy atom. The van der Waals surface area contributed by atoms with Gasteiger partial charge in [0.2, 0.25) is 0 Å². The van der Waals surface area contributed by atoms with Crippen LogP contribution in [-0.2, 0) is 10.3 Å². The molecule has 0 fully saturated rings. The van der Waals surface area contributed by atoms with Crippen molar-refractivity contribution in [3.63, 3.8) is 0 Å². The van der Waals surface area contributed by atoms with Crippen LogP contribution in [0.5, 0.6) is 11.5 Å². The van der Waals surface area contributed by atoms with E-state index in [1.807, 2.05) is 60.8 Å². The van der Waals surface area contributed by atoms with Gasteiger partial charge in [-0.3, -0.25) is 4.98 Å². The van der Waals surface area contributed by atoms with Crippen LogP contribution in [0.25, 0.3) is 22.3 Å². The molecular weight excluding hydrogens is 414 g/mol. The molecule has 0 radical (unpaired) electrons. The van der Waals surface area contributed by atoms with Crippen LogP contribution in [-0.4, -0.2) is 22.6 Å². The highest BCUT2D eigenvalue weighted by atomic mass is 16.5. The molecule has 0 aliphatic carbocycles. The molecule has 2 N–H and O–H groups in total. The molecule has 2 aliphatic heterocycles. The second-order valence-corrected chi connectivity index (χ2v) is 7.91. The van der Waals surface area contributed by atoms with Crippen LogP contribution in [0.1, 0.15) is 16.8 Å². The Morgan fingerprint density at radius 2 is 1.58 bits per heavy atom. The van der Waals surface area contributed by atoms with Crippen LogP contribution in [0.2, 0.25) is 0 Å². The molecular formula is C26H17N5O2. The number of amidine groups is 1. The van der Waals surface area contributed by atoms with Gasteiger partial charge in [0.25, 0.3) is 6.02 Å². The van der Waals surface area contributed by atoms with Crippen molar-refractivity contribution in [1.29, 1.82) is 5.26 Å². The van der Waals surface area contributed by atoms with Gasteiger partial charge in [-0.05, 0) is 53.6 Å². The van der Waals surface area contributed by atoms with Gasteiger partial charge in [-0.15, -0.1) is 0 Å². The summed E-state index contributed by atoms with van der Waals surface area (Å²) in [6.07, 6.45) is 5.26. The minimum Gasteiger partial charge on any atom is -0.462 e. The van der Waals surface area contributed by atoms with Gasteiger partial charge in [0.1, 0.15) is 29.9 Å². The fraction of sp³-hybridized carbons (Fsp3) is 0.0769. The highest BCUT2D eigenvalue weighted by Crippen LogP contribution is 2.52. The summed E-state index contributed by atoms with van der Waals surface area (Å²) >= 11 is 0. The molecule has 0 saturated carbocycles. The molecule has 0 saturated heterocycles. The molecule has 1 atom stereocenters. The van der Waals surface area contributed by atoms with Crippen LogP contribution in [0.3, 0.4) is 0 Å². The lowest BCUT2D eigenvalue weighted by atomic mass is 9.79. The van der Waals surface area contributed by atoms with E-state index in [4.69, 9.17) is 25.5 Å². The third-order valence-corrected chi connectivity index (χ3v) is 6.01. The topological polar surface area (TPSA) is 106 Å². The number of nitriles is 1. The van der Waals surface area contributed by atoms with Gasteiger partial charge in [0, 0.05) is 40.8 Å². The van der Waals surface area contributed by atoms with E-state index >= 15 is 0 Å². The summed E-state index contributed by atoms with van der Waals surface area (Å²) in [6, 6.07) is 21.6. The smallest absolute Gasteiger partial charge is 0.283 e. The van der Waals surface area contributed by atoms with Crippen molar-refractivity contribution in [2.75, 3.05) is 6.61 Å². The van der Waals surface area contributed by atoms with Crippen molar-refractivity contribution in [3.8, 4) is 39.8 Å². The average Bonchev–Trinajstić information content (AvgIpc) is 3.26. The predicted octanol–water partition coefficient (Wildman–Crippen LogP) is 4.38. The van der Waals surface area contributed by atoms with Gasteiger partial charge in [0.15, 0.2) is 5.54 Å². The van der Waals surface area contributed by atoms with Gasteiger partial charge >= 0.3 is 0 Å². The minimum atomic E-state index is -0.832. The SMILES string of the molecule is N#Cc1ccc(-c2ccc3c(c2)[C@]2(COC(N)=N2)c2cc(-c4cccnc4)ccc2O3)cn1. The van der Waals surface area contributed by atoms with Gasteiger partial charge in [-0.2, -0.15) is 5.26 Å². The maximum absolute atomic E-state index is 9.05. The van der Waals surface area contributed by atoms with Crippen molar-refractivity contribution in [2.45, 2.75) is 5.54 Å². The number of aliphatic imine (C=N–C) groups is 1. The number of hydrogen-bond donors (Lipinski definition) is 1. The monoisotopic (exact) mass is 431 g/mol. The molecule has 1 spiro atoms. The zero-order chi connectivity index (χ0) is 22.4. The zero-order valence-corrected chi connectivity index (χ0v) is 17.4. The van der Waals surface area contributed by atoms with Gasteiger partial charge in [-0.1, -0.05) is 18.2 Å². The number of ether oxygens (including phenoxy) is 2. The quantitative estimate of drug-likeness (QED) is 0.505. The lowest BCUT2D eigenvalue weighted by Gasteiger charge is -2.34. The number of hydrogen-bond acceptors (Lipinski definition) is 7. The number of rotatable bonds is 2. The van der Waals surface area contributed by atoms with E-state index in [1.165, 1.54) is 0 Å². The number of nitrogens with zero attached hydrogens (tertiary/aromatic N) is 4. The third kappa shape index (κ3) is 3.00. The average molecular weight is 431 g/mol. The maximum Gasteiger partial charge on any atom is 0.283 e. The highest BCUT2D eigenvalue weighted by molar-refractivity contribution is 5.79. The number of fused-ring (bicyclic) bond motifs is 4. The molecule has 0 bridgehead atoms. The molecule has 33 heavy (non-hydrogen) atoms. The molecule has 0 amide bonds. The lowest BCUT2D eigenvalue weighted by Crippen LogP contribution is -2.31. The Kier molecular flexibility index (Phi) is 4.14. The van der Waals surface area contributed by atoms with Crippen LogP contribution < -0.4 is 10.5 Å². The minimum absolute atomic E-state index is 0.144. The number of benzene rings is 2. The van der Waals surface area contributed by atoms with Crippen LogP contribution >= 0.6 is 0 Å². The number of aromatic nitrogens is 2. The van der Waals surface area contributed by atoms with E-state index in [0.29, 0.717) is 17.2 Å². The van der Waals surface area contributed by atoms with Crippen LogP contribution in [0.4, 0.5) is 0 Å². The van der Waals surface area contributed by atoms with E-state index in [-0.39, 0.29) is 12.6 Å². The molecule has 2 aliphatic rings. The fourth-order valence-electron chi connectivity index (χ4n) is 4.38. The number of nitrogens with two attached hydrogens (primary N) is 1. The molecule has 4 heterocycles.